The van der Waals surface area contributed by atoms with E-state index in [1.54, 1.807) is 6.92 Å². The van der Waals surface area contributed by atoms with Gasteiger partial charge in [0, 0.05) is 18.2 Å². The molecule has 30 heavy (non-hydrogen) atoms. The predicted octanol–water partition coefficient (Wildman–Crippen LogP) is 1.86. The highest BCUT2D eigenvalue weighted by Gasteiger charge is 2.38. The van der Waals surface area contributed by atoms with Crippen molar-refractivity contribution in [1.29, 1.82) is 0 Å². The van der Waals surface area contributed by atoms with Gasteiger partial charge in [0.25, 0.3) is 11.7 Å². The third-order valence-electron chi connectivity index (χ3n) is 4.13. The number of tetrazole rings is 1. The predicted molar refractivity (Wildman–Crippen MR) is 95.1 cm³/mol. The van der Waals surface area contributed by atoms with Crippen LogP contribution in [0.5, 0.6) is 0 Å². The molecule has 3 aromatic rings. The minimum atomic E-state index is -4.78. The van der Waals surface area contributed by atoms with Crippen LogP contribution in [0.3, 0.4) is 0 Å². The number of halogens is 4. The number of nitrogens with zero attached hydrogens (tertiary/aromatic N) is 5. The van der Waals surface area contributed by atoms with E-state index in [0.29, 0.717) is 10.2 Å². The van der Waals surface area contributed by atoms with Gasteiger partial charge in [0.2, 0.25) is 0 Å². The van der Waals surface area contributed by atoms with Gasteiger partial charge in [0.1, 0.15) is 5.82 Å². The molecule has 0 spiro atoms. The summed E-state index contributed by atoms with van der Waals surface area (Å²) in [6.45, 7) is 1.18. The summed E-state index contributed by atoms with van der Waals surface area (Å²) in [4.78, 5) is 16.5. The third-order valence-corrected chi connectivity index (χ3v) is 4.13. The number of amides is 1. The molecular formula is C18H16F4N6O2. The van der Waals surface area contributed by atoms with Crippen molar-refractivity contribution < 1.29 is 27.5 Å². The van der Waals surface area contributed by atoms with E-state index in [2.05, 4.69) is 25.8 Å². The van der Waals surface area contributed by atoms with Gasteiger partial charge in [-0.2, -0.15) is 17.9 Å². The van der Waals surface area contributed by atoms with Gasteiger partial charge in [0.15, 0.2) is 0 Å². The summed E-state index contributed by atoms with van der Waals surface area (Å²) in [5.74, 6) is -2.58. The second kappa shape index (κ2) is 8.53. The monoisotopic (exact) mass is 424 g/mol. The third kappa shape index (κ3) is 4.76. The lowest BCUT2D eigenvalue weighted by molar-refractivity contribution is -0.146. The van der Waals surface area contributed by atoms with E-state index >= 15 is 0 Å². The average molecular weight is 424 g/mol. The van der Waals surface area contributed by atoms with Crippen LogP contribution in [0, 0.1) is 12.7 Å². The van der Waals surface area contributed by atoms with Gasteiger partial charge in [-0.25, -0.2) is 4.39 Å². The molecule has 0 saturated carbocycles. The normalized spacial score (nSPS) is 12.6. The smallest absolute Gasteiger partial charge is 0.394 e. The van der Waals surface area contributed by atoms with Crippen molar-refractivity contribution in [3.05, 3.63) is 65.0 Å². The molecular weight excluding hydrogens is 408 g/mol. The van der Waals surface area contributed by atoms with E-state index in [1.807, 2.05) is 0 Å². The fraction of sp³-hybridized carbons (Fsp3) is 0.278. The Morgan fingerprint density at radius 1 is 1.30 bits per heavy atom. The van der Waals surface area contributed by atoms with Crippen molar-refractivity contribution in [3.8, 4) is 5.69 Å². The summed E-state index contributed by atoms with van der Waals surface area (Å²) in [5, 5.41) is 21.4. The molecule has 0 aliphatic rings. The first-order valence-electron chi connectivity index (χ1n) is 8.68. The first-order chi connectivity index (χ1) is 14.2. The highest BCUT2D eigenvalue weighted by atomic mass is 19.4. The van der Waals surface area contributed by atoms with Gasteiger partial charge in [-0.3, -0.25) is 9.78 Å². The number of carbonyl (C=O) groups is 1. The highest BCUT2D eigenvalue weighted by molar-refractivity contribution is 5.94. The Morgan fingerprint density at radius 2 is 2.07 bits per heavy atom. The summed E-state index contributed by atoms with van der Waals surface area (Å²) in [5.41, 5.74) is 0.620. The van der Waals surface area contributed by atoms with Crippen molar-refractivity contribution in [2.24, 2.45) is 0 Å². The van der Waals surface area contributed by atoms with E-state index in [0.717, 1.165) is 0 Å². The number of aliphatic hydroxyl groups is 1. The molecule has 2 heterocycles. The maximum absolute atomic E-state index is 14.0. The van der Waals surface area contributed by atoms with Crippen LogP contribution in [0.4, 0.5) is 17.6 Å². The molecule has 0 aliphatic carbocycles. The van der Waals surface area contributed by atoms with Crippen molar-refractivity contribution >= 4 is 5.91 Å². The van der Waals surface area contributed by atoms with Gasteiger partial charge < -0.3 is 10.4 Å². The average Bonchev–Trinajstić information content (AvgIpc) is 3.20. The standard InChI is InChI=1S/C18H16F4N6O2/c1-10-5-14(19)15(23-8-10)7-12(9-29)24-16(30)11-3-2-4-13(6-11)28-17(18(20,21)22)25-26-27-28/h2-6,8,12,29H,7,9H2,1H3,(H,24,30)/t12-/m0/s1. The van der Waals surface area contributed by atoms with E-state index in [9.17, 15) is 27.5 Å². The number of hydrogen-bond acceptors (Lipinski definition) is 6. The van der Waals surface area contributed by atoms with Gasteiger partial charge in [-0.15, -0.1) is 5.10 Å². The lowest BCUT2D eigenvalue weighted by atomic mass is 10.1. The van der Waals surface area contributed by atoms with E-state index < -0.39 is 36.4 Å². The number of alkyl halides is 3. The molecule has 1 amide bonds. The summed E-state index contributed by atoms with van der Waals surface area (Å²) in [6, 6.07) is 5.63. The first kappa shape index (κ1) is 21.3. The van der Waals surface area contributed by atoms with Crippen molar-refractivity contribution in [2.45, 2.75) is 25.6 Å². The molecule has 0 aliphatic heterocycles. The zero-order valence-electron chi connectivity index (χ0n) is 15.6. The van der Waals surface area contributed by atoms with Gasteiger partial charge in [0.05, 0.1) is 24.0 Å². The van der Waals surface area contributed by atoms with Crippen LogP contribution in [0.2, 0.25) is 0 Å². The Hall–Kier alpha value is -3.41. The number of hydrogen-bond donors (Lipinski definition) is 2. The molecule has 0 bridgehead atoms. The van der Waals surface area contributed by atoms with Gasteiger partial charge in [-0.1, -0.05) is 6.07 Å². The molecule has 0 radical (unpaired) electrons. The largest absolute Gasteiger partial charge is 0.453 e. The second-order valence-electron chi connectivity index (χ2n) is 6.46. The fourth-order valence-electron chi connectivity index (χ4n) is 2.69. The maximum atomic E-state index is 14.0. The summed E-state index contributed by atoms with van der Waals surface area (Å²) in [7, 11) is 0. The van der Waals surface area contributed by atoms with Crippen LogP contribution in [0.1, 0.15) is 27.4 Å². The molecule has 1 atom stereocenters. The first-order valence-corrected chi connectivity index (χ1v) is 8.68. The molecule has 12 heteroatoms. The lowest BCUT2D eigenvalue weighted by Crippen LogP contribution is -2.39. The molecule has 0 fully saturated rings. The molecule has 3 rings (SSSR count). The number of aliphatic hydroxyl groups excluding tert-OH is 1. The molecule has 0 saturated heterocycles. The molecule has 8 nitrogen and oxygen atoms in total. The number of benzene rings is 1. The van der Waals surface area contributed by atoms with Crippen LogP contribution in [0.25, 0.3) is 5.69 Å². The second-order valence-corrected chi connectivity index (χ2v) is 6.46. The van der Waals surface area contributed by atoms with Crippen LogP contribution < -0.4 is 5.32 Å². The Kier molecular flexibility index (Phi) is 6.06. The highest BCUT2D eigenvalue weighted by Crippen LogP contribution is 2.28. The number of aromatic nitrogens is 5. The quantitative estimate of drug-likeness (QED) is 0.585. The minimum absolute atomic E-state index is 0.00640. The van der Waals surface area contributed by atoms with Crippen LogP contribution in [-0.2, 0) is 12.6 Å². The van der Waals surface area contributed by atoms with Crippen LogP contribution >= 0.6 is 0 Å². The number of carbonyl (C=O) groups excluding carboxylic acids is 1. The summed E-state index contributed by atoms with van der Waals surface area (Å²) < 4.78 is 53.5. The summed E-state index contributed by atoms with van der Waals surface area (Å²) in [6.07, 6.45) is -3.39. The lowest BCUT2D eigenvalue weighted by Gasteiger charge is -2.17. The molecule has 2 aromatic heterocycles. The number of nitrogens with one attached hydrogen (secondary N) is 1. The SMILES string of the molecule is Cc1cnc(C[C@@H](CO)NC(=O)c2cccc(-n3nnnc3C(F)(F)F)c2)c(F)c1. The zero-order valence-corrected chi connectivity index (χ0v) is 15.6. The van der Waals surface area contributed by atoms with E-state index in [1.165, 1.54) is 36.5 Å². The topological polar surface area (TPSA) is 106 Å². The maximum Gasteiger partial charge on any atom is 0.453 e. The zero-order chi connectivity index (χ0) is 21.9. The Bertz CT molecular complexity index is 1050. The number of rotatable bonds is 6. The Labute approximate surface area is 167 Å². The van der Waals surface area contributed by atoms with Gasteiger partial charge in [-0.05, 0) is 47.2 Å². The molecule has 0 unspecified atom stereocenters. The Balaban J connectivity index is 1.78. The van der Waals surface area contributed by atoms with Crippen molar-refractivity contribution in [2.75, 3.05) is 6.61 Å². The minimum Gasteiger partial charge on any atom is -0.394 e. The van der Waals surface area contributed by atoms with Crippen LogP contribution in [0.15, 0.2) is 36.5 Å². The fourth-order valence-corrected chi connectivity index (χ4v) is 2.69. The van der Waals surface area contributed by atoms with E-state index in [-0.39, 0.29) is 23.4 Å². The van der Waals surface area contributed by atoms with Crippen LogP contribution in [-0.4, -0.2) is 48.9 Å². The van der Waals surface area contributed by atoms with Crippen molar-refractivity contribution in [3.63, 3.8) is 0 Å². The molecule has 158 valence electrons. The number of aryl methyl sites for hydroxylation is 1. The van der Waals surface area contributed by atoms with Crippen molar-refractivity contribution in [1.82, 2.24) is 30.5 Å². The molecule has 1 aromatic carbocycles. The molecule has 2 N–H and O–H groups in total. The van der Waals surface area contributed by atoms with E-state index in [4.69, 9.17) is 0 Å². The van der Waals surface area contributed by atoms with Gasteiger partial charge >= 0.3 is 6.18 Å². The number of pyridine rings is 1. The Morgan fingerprint density at radius 3 is 2.73 bits per heavy atom. The summed E-state index contributed by atoms with van der Waals surface area (Å²) >= 11 is 0.